The lowest BCUT2D eigenvalue weighted by Crippen LogP contribution is -2.38. The van der Waals surface area contributed by atoms with Crippen LogP contribution in [0.2, 0.25) is 5.02 Å². The molecule has 38 heavy (non-hydrogen) atoms. The molecule has 1 N–H and O–H groups in total. The van der Waals surface area contributed by atoms with Gasteiger partial charge in [0.15, 0.2) is 17.6 Å². The Balaban J connectivity index is 1.08. The summed E-state index contributed by atoms with van der Waals surface area (Å²) in [5.41, 5.74) is 2.26. The third-order valence-electron chi connectivity index (χ3n) is 5.92. The summed E-state index contributed by atoms with van der Waals surface area (Å²) in [4.78, 5) is 21.3. The molecule has 0 unspecified atom stereocenters. The van der Waals surface area contributed by atoms with E-state index in [1.54, 1.807) is 49.4 Å². The van der Waals surface area contributed by atoms with Gasteiger partial charge < -0.3 is 24.3 Å². The molecule has 196 valence electrons. The van der Waals surface area contributed by atoms with Crippen LogP contribution >= 0.6 is 11.6 Å². The van der Waals surface area contributed by atoms with Gasteiger partial charge in [-0.15, -0.1) is 0 Å². The van der Waals surface area contributed by atoms with Gasteiger partial charge in [0, 0.05) is 17.0 Å². The van der Waals surface area contributed by atoms with E-state index in [9.17, 15) is 4.79 Å². The molecule has 0 bridgehead atoms. The number of para-hydroxylation sites is 1. The highest BCUT2D eigenvalue weighted by Gasteiger charge is 2.32. The lowest BCUT2D eigenvalue weighted by Gasteiger charge is -2.18. The van der Waals surface area contributed by atoms with Gasteiger partial charge in [-0.2, -0.15) is 0 Å². The van der Waals surface area contributed by atoms with Crippen molar-refractivity contribution >= 4 is 28.5 Å². The highest BCUT2D eigenvalue weighted by atomic mass is 35.5. The van der Waals surface area contributed by atoms with Gasteiger partial charge in [0.25, 0.3) is 5.91 Å². The van der Waals surface area contributed by atoms with Crippen LogP contribution in [-0.4, -0.2) is 40.7 Å². The standard InChI is InChI=1S/C29H28ClN3O5/c1-18(28(34)31-13-14-35-25-6-4-5-19-16-29(2,3)38-27(19)25)36-21-8-10-22(11-9-21)37-26-17-32-24-15-20(30)7-12-23(24)33-26/h4-12,15,17-18H,13-14,16H2,1-3H3,(H,31,34)/t18-/m1/s1. The minimum Gasteiger partial charge on any atom is -0.488 e. The molecule has 0 saturated carbocycles. The van der Waals surface area contributed by atoms with Crippen molar-refractivity contribution in [2.45, 2.75) is 38.9 Å². The van der Waals surface area contributed by atoms with E-state index in [1.807, 2.05) is 18.2 Å². The summed E-state index contributed by atoms with van der Waals surface area (Å²) in [5, 5.41) is 3.44. The summed E-state index contributed by atoms with van der Waals surface area (Å²) in [5.74, 6) is 2.69. The van der Waals surface area contributed by atoms with Crippen LogP contribution in [0.15, 0.2) is 66.9 Å². The molecule has 5 rings (SSSR count). The van der Waals surface area contributed by atoms with Gasteiger partial charge >= 0.3 is 0 Å². The molecule has 8 nitrogen and oxygen atoms in total. The maximum Gasteiger partial charge on any atom is 0.260 e. The van der Waals surface area contributed by atoms with E-state index in [-0.39, 0.29) is 11.5 Å². The molecule has 0 saturated heterocycles. The van der Waals surface area contributed by atoms with E-state index in [4.69, 9.17) is 30.5 Å². The van der Waals surface area contributed by atoms with Crippen LogP contribution < -0.4 is 24.3 Å². The number of benzene rings is 3. The van der Waals surface area contributed by atoms with Gasteiger partial charge in [-0.25, -0.2) is 9.97 Å². The van der Waals surface area contributed by atoms with Crippen molar-refractivity contribution in [3.8, 4) is 28.9 Å². The number of amides is 1. The van der Waals surface area contributed by atoms with Crippen LogP contribution in [0.25, 0.3) is 11.0 Å². The van der Waals surface area contributed by atoms with E-state index in [1.165, 1.54) is 6.20 Å². The van der Waals surface area contributed by atoms with Crippen molar-refractivity contribution in [3.63, 3.8) is 0 Å². The maximum absolute atomic E-state index is 12.5. The number of hydrogen-bond donors (Lipinski definition) is 1. The highest BCUT2D eigenvalue weighted by molar-refractivity contribution is 6.31. The number of hydrogen-bond acceptors (Lipinski definition) is 7. The first-order chi connectivity index (χ1) is 18.3. The summed E-state index contributed by atoms with van der Waals surface area (Å²) in [6.45, 7) is 6.45. The van der Waals surface area contributed by atoms with Gasteiger partial charge in [-0.05, 0) is 69.3 Å². The quantitative estimate of drug-likeness (QED) is 0.274. The molecule has 0 spiro atoms. The van der Waals surface area contributed by atoms with E-state index in [0.717, 1.165) is 17.7 Å². The molecule has 1 aliphatic heterocycles. The first kappa shape index (κ1) is 25.6. The largest absolute Gasteiger partial charge is 0.488 e. The smallest absolute Gasteiger partial charge is 0.260 e. The molecule has 4 aromatic rings. The van der Waals surface area contributed by atoms with Gasteiger partial charge in [0.05, 0.1) is 23.8 Å². The molecule has 9 heteroatoms. The van der Waals surface area contributed by atoms with Crippen LogP contribution in [0.1, 0.15) is 26.3 Å². The van der Waals surface area contributed by atoms with Gasteiger partial charge in [-0.1, -0.05) is 23.7 Å². The number of halogens is 1. The van der Waals surface area contributed by atoms with Gasteiger partial charge in [0.2, 0.25) is 5.88 Å². The molecule has 3 aromatic carbocycles. The van der Waals surface area contributed by atoms with E-state index in [2.05, 4.69) is 29.1 Å². The van der Waals surface area contributed by atoms with E-state index < -0.39 is 6.10 Å². The molecule has 0 radical (unpaired) electrons. The lowest BCUT2D eigenvalue weighted by atomic mass is 10.0. The molecular formula is C29H28ClN3O5. The Morgan fingerprint density at radius 1 is 1.11 bits per heavy atom. The summed E-state index contributed by atoms with van der Waals surface area (Å²) in [6.07, 6.45) is 1.69. The highest BCUT2D eigenvalue weighted by Crippen LogP contribution is 2.41. The Kier molecular flexibility index (Phi) is 7.24. The van der Waals surface area contributed by atoms with E-state index in [0.29, 0.717) is 52.3 Å². The van der Waals surface area contributed by atoms with Crippen molar-refractivity contribution in [1.82, 2.24) is 15.3 Å². The average molecular weight is 534 g/mol. The normalized spacial score (nSPS) is 14.3. The fourth-order valence-corrected chi connectivity index (χ4v) is 4.33. The number of carbonyl (C=O) groups is 1. The topological polar surface area (TPSA) is 91.8 Å². The minimum absolute atomic E-state index is 0.240. The van der Waals surface area contributed by atoms with Crippen molar-refractivity contribution in [2.24, 2.45) is 0 Å². The second kappa shape index (κ2) is 10.8. The first-order valence-electron chi connectivity index (χ1n) is 12.3. The second-order valence-corrected chi connectivity index (χ2v) is 10.0. The third-order valence-corrected chi connectivity index (χ3v) is 6.16. The van der Waals surface area contributed by atoms with Crippen LogP contribution in [0, 0.1) is 0 Å². The van der Waals surface area contributed by atoms with Crippen molar-refractivity contribution in [2.75, 3.05) is 13.2 Å². The molecule has 2 heterocycles. The number of ether oxygens (including phenoxy) is 4. The Morgan fingerprint density at radius 2 is 1.89 bits per heavy atom. The predicted octanol–water partition coefficient (Wildman–Crippen LogP) is 5.75. The summed E-state index contributed by atoms with van der Waals surface area (Å²) >= 11 is 5.99. The maximum atomic E-state index is 12.5. The summed E-state index contributed by atoms with van der Waals surface area (Å²) < 4.78 is 23.5. The number of carbonyl (C=O) groups excluding carboxylic acids is 1. The summed E-state index contributed by atoms with van der Waals surface area (Å²) in [7, 11) is 0. The van der Waals surface area contributed by atoms with Crippen molar-refractivity contribution in [3.05, 3.63) is 77.4 Å². The number of nitrogens with zero attached hydrogens (tertiary/aromatic N) is 2. The zero-order valence-electron chi connectivity index (χ0n) is 21.4. The Labute approximate surface area is 225 Å². The summed E-state index contributed by atoms with van der Waals surface area (Å²) in [6, 6.07) is 18.1. The molecule has 1 aliphatic rings. The monoisotopic (exact) mass is 533 g/mol. The number of nitrogens with one attached hydrogen (secondary N) is 1. The molecule has 0 fully saturated rings. The Morgan fingerprint density at radius 3 is 2.71 bits per heavy atom. The Hall–Kier alpha value is -4.04. The van der Waals surface area contributed by atoms with Crippen LogP contribution in [0.3, 0.4) is 0 Å². The fraction of sp³-hybridized carbons (Fsp3) is 0.276. The minimum atomic E-state index is -0.690. The molecule has 1 aromatic heterocycles. The van der Waals surface area contributed by atoms with Crippen molar-refractivity contribution in [1.29, 1.82) is 0 Å². The van der Waals surface area contributed by atoms with E-state index >= 15 is 0 Å². The third kappa shape index (κ3) is 6.08. The second-order valence-electron chi connectivity index (χ2n) is 9.60. The van der Waals surface area contributed by atoms with Gasteiger partial charge in [-0.3, -0.25) is 4.79 Å². The van der Waals surface area contributed by atoms with Crippen LogP contribution in [0.4, 0.5) is 0 Å². The Bertz CT molecular complexity index is 1460. The van der Waals surface area contributed by atoms with Gasteiger partial charge in [0.1, 0.15) is 23.7 Å². The predicted molar refractivity (Wildman–Crippen MR) is 145 cm³/mol. The van der Waals surface area contributed by atoms with Crippen LogP contribution in [-0.2, 0) is 11.2 Å². The SMILES string of the molecule is C[C@@H](Oc1ccc(Oc2cnc3cc(Cl)ccc3n2)cc1)C(=O)NCCOc1cccc2c1OC(C)(C)C2. The first-order valence-corrected chi connectivity index (χ1v) is 12.7. The molecular weight excluding hydrogens is 506 g/mol. The lowest BCUT2D eigenvalue weighted by molar-refractivity contribution is -0.127. The zero-order valence-corrected chi connectivity index (χ0v) is 22.1. The zero-order chi connectivity index (χ0) is 26.7. The number of fused-ring (bicyclic) bond motifs is 2. The number of aromatic nitrogens is 2. The molecule has 0 aliphatic carbocycles. The number of rotatable bonds is 9. The molecule has 1 amide bonds. The van der Waals surface area contributed by atoms with Crippen LogP contribution in [0.5, 0.6) is 28.9 Å². The average Bonchev–Trinajstić information content (AvgIpc) is 3.22. The molecule has 1 atom stereocenters. The van der Waals surface area contributed by atoms with Crippen molar-refractivity contribution < 1.29 is 23.7 Å². The fourth-order valence-electron chi connectivity index (χ4n) is 4.16.